The van der Waals surface area contributed by atoms with Gasteiger partial charge in [0.05, 0.1) is 30.4 Å². The Morgan fingerprint density at radius 3 is 2.17 bits per heavy atom. The highest BCUT2D eigenvalue weighted by molar-refractivity contribution is 6.24. The molecule has 294 valence electrons. The Balaban J connectivity index is 1.40. The molecule has 2 saturated heterocycles. The molecule has 2 fully saturated rings. The van der Waals surface area contributed by atoms with Gasteiger partial charge in [0.25, 0.3) is 0 Å². The molecule has 0 aromatic heterocycles. The first kappa shape index (κ1) is 38.3. The lowest BCUT2D eigenvalue weighted by Crippen LogP contribution is -2.54. The second-order valence-electron chi connectivity index (χ2n) is 14.6. The van der Waals surface area contributed by atoms with Crippen LogP contribution in [0.2, 0.25) is 0 Å². The lowest BCUT2D eigenvalue weighted by atomic mass is 9.65. The van der Waals surface area contributed by atoms with Crippen LogP contribution in [-0.4, -0.2) is 59.7 Å². The van der Waals surface area contributed by atoms with Gasteiger partial charge in [0.2, 0.25) is 5.91 Å². The summed E-state index contributed by atoms with van der Waals surface area (Å²) in [6, 6.07) is 37.8. The van der Waals surface area contributed by atoms with Crippen molar-refractivity contribution >= 4 is 29.6 Å². The molecule has 3 aliphatic heterocycles. The monoisotopic (exact) mass is 777 g/mol. The minimum atomic E-state index is -1.93. The van der Waals surface area contributed by atoms with Gasteiger partial charge in [-0.3, -0.25) is 19.3 Å². The smallest absolute Gasteiger partial charge is 0.329 e. The van der Waals surface area contributed by atoms with Crippen LogP contribution in [0.5, 0.6) is 5.75 Å². The van der Waals surface area contributed by atoms with E-state index in [2.05, 4.69) is 11.9 Å². The number of hydrogen-bond acceptors (Lipinski definition) is 9. The fourth-order valence-corrected chi connectivity index (χ4v) is 9.07. The van der Waals surface area contributed by atoms with Gasteiger partial charge in [0.1, 0.15) is 42.4 Å². The molecule has 1 spiro atoms. The van der Waals surface area contributed by atoms with Crippen LogP contribution in [0.4, 0.5) is 10.5 Å². The van der Waals surface area contributed by atoms with Gasteiger partial charge < -0.3 is 24.6 Å². The largest absolute Gasteiger partial charge is 0.491 e. The van der Waals surface area contributed by atoms with E-state index >= 15 is 4.79 Å². The van der Waals surface area contributed by atoms with Crippen molar-refractivity contribution in [1.82, 2.24) is 10.2 Å². The number of urea groups is 1. The number of imide groups is 1. The number of rotatable bonds is 11. The number of morpholine rings is 1. The maximum Gasteiger partial charge on any atom is 0.329 e. The van der Waals surface area contributed by atoms with E-state index in [9.17, 15) is 19.5 Å². The van der Waals surface area contributed by atoms with Gasteiger partial charge in [-0.05, 0) is 52.9 Å². The van der Waals surface area contributed by atoms with Gasteiger partial charge >= 0.3 is 18.0 Å². The van der Waals surface area contributed by atoms with Gasteiger partial charge in [0, 0.05) is 0 Å². The molecule has 0 radical (unpaired) electrons. The number of para-hydroxylation sites is 1. The van der Waals surface area contributed by atoms with Crippen molar-refractivity contribution in [2.75, 3.05) is 24.7 Å². The number of nitrogens with one attached hydrogen (secondary N) is 1. The fourth-order valence-electron chi connectivity index (χ4n) is 9.07. The molecule has 3 aliphatic rings. The number of aliphatic hydroxyl groups excluding tert-OH is 1. The van der Waals surface area contributed by atoms with E-state index in [0.29, 0.717) is 22.4 Å². The molecule has 0 saturated carbocycles. The summed E-state index contributed by atoms with van der Waals surface area (Å²) in [5, 5.41) is 12.7. The standard InChI is InChI=1S/C47H43N3O8/c1-3-27-57-43(52)38-40-44(53)58-41(33-20-11-6-12-21-33)39(32-18-9-5-10-19-32)50(40)42(34-22-15-23-35(29-34)56-28-26-51)47(38)36-24-13-14-25-37(36)49(45(47)54)46(55)48-30(2)31-16-7-4-8-17-31/h3-25,29-30,38-42,51H,1,26-28H2,2H3,(H,48,55)/t30-,38-,39-,40-,41+,42+,47-/m1/s1. The van der Waals surface area contributed by atoms with Crippen molar-refractivity contribution in [3.63, 3.8) is 0 Å². The number of fused-ring (bicyclic) bond motifs is 3. The highest BCUT2D eigenvalue weighted by atomic mass is 16.6. The number of cyclic esters (lactones) is 1. The number of carbonyl (C=O) groups is 4. The van der Waals surface area contributed by atoms with E-state index < -0.39 is 65.5 Å². The molecule has 5 aromatic carbocycles. The summed E-state index contributed by atoms with van der Waals surface area (Å²) < 4.78 is 18.2. The molecule has 8 rings (SSSR count). The Morgan fingerprint density at radius 2 is 1.48 bits per heavy atom. The molecule has 58 heavy (non-hydrogen) atoms. The highest BCUT2D eigenvalue weighted by Crippen LogP contribution is 2.66. The van der Waals surface area contributed by atoms with E-state index in [4.69, 9.17) is 14.2 Å². The summed E-state index contributed by atoms with van der Waals surface area (Å²) in [7, 11) is 0. The fraction of sp³-hybridized carbons (Fsp3) is 0.234. The summed E-state index contributed by atoms with van der Waals surface area (Å²) in [5.41, 5.74) is 1.56. The first-order valence-corrected chi connectivity index (χ1v) is 19.3. The third-order valence-electron chi connectivity index (χ3n) is 11.3. The third kappa shape index (κ3) is 6.42. The predicted octanol–water partition coefficient (Wildman–Crippen LogP) is 6.92. The van der Waals surface area contributed by atoms with E-state index in [1.54, 1.807) is 42.5 Å². The second-order valence-corrected chi connectivity index (χ2v) is 14.6. The average Bonchev–Trinajstić information content (AvgIpc) is 3.72. The Bertz CT molecular complexity index is 2320. The maximum atomic E-state index is 16.0. The maximum absolute atomic E-state index is 16.0. The normalized spacial score (nSPS) is 24.0. The molecular weight excluding hydrogens is 735 g/mol. The molecule has 2 N–H and O–H groups in total. The minimum Gasteiger partial charge on any atom is -0.491 e. The summed E-state index contributed by atoms with van der Waals surface area (Å²) >= 11 is 0. The number of ether oxygens (including phenoxy) is 3. The zero-order valence-corrected chi connectivity index (χ0v) is 31.8. The van der Waals surface area contributed by atoms with Crippen molar-refractivity contribution in [1.29, 1.82) is 0 Å². The molecule has 11 nitrogen and oxygen atoms in total. The third-order valence-corrected chi connectivity index (χ3v) is 11.3. The van der Waals surface area contributed by atoms with Crippen LogP contribution in [0.3, 0.4) is 0 Å². The Hall–Kier alpha value is -6.56. The first-order valence-electron chi connectivity index (χ1n) is 19.3. The first-order chi connectivity index (χ1) is 28.3. The number of amides is 3. The molecular formula is C47H43N3O8. The second kappa shape index (κ2) is 16.1. The zero-order valence-electron chi connectivity index (χ0n) is 31.8. The van der Waals surface area contributed by atoms with Gasteiger partial charge in [-0.15, -0.1) is 0 Å². The number of hydrogen-bond donors (Lipinski definition) is 2. The summed E-state index contributed by atoms with van der Waals surface area (Å²) in [5.74, 6) is -3.36. The summed E-state index contributed by atoms with van der Waals surface area (Å²) in [6.45, 7) is 5.14. The quantitative estimate of drug-likeness (QED) is 0.108. The number of anilines is 1. The molecule has 3 amide bonds. The van der Waals surface area contributed by atoms with Crippen LogP contribution in [0.1, 0.15) is 59.0 Å². The molecule has 0 bridgehead atoms. The summed E-state index contributed by atoms with van der Waals surface area (Å²) in [6.07, 6.45) is 0.546. The van der Waals surface area contributed by atoms with Crippen molar-refractivity contribution in [2.24, 2.45) is 5.92 Å². The molecule has 7 atom stereocenters. The zero-order chi connectivity index (χ0) is 40.4. The number of benzene rings is 5. The number of aliphatic hydroxyl groups is 1. The molecule has 11 heteroatoms. The highest BCUT2D eigenvalue weighted by Gasteiger charge is 2.76. The predicted molar refractivity (Wildman–Crippen MR) is 215 cm³/mol. The number of nitrogens with zero attached hydrogens (tertiary/aromatic N) is 2. The van der Waals surface area contributed by atoms with Crippen molar-refractivity contribution < 1.29 is 38.5 Å². The summed E-state index contributed by atoms with van der Waals surface area (Å²) in [4.78, 5) is 63.5. The Kier molecular flexibility index (Phi) is 10.7. The van der Waals surface area contributed by atoms with Crippen LogP contribution in [0.15, 0.2) is 152 Å². The number of esters is 2. The molecule has 5 aromatic rings. The van der Waals surface area contributed by atoms with Crippen molar-refractivity contribution in [2.45, 2.75) is 42.6 Å². The topological polar surface area (TPSA) is 135 Å². The molecule has 0 aliphatic carbocycles. The van der Waals surface area contributed by atoms with E-state index in [1.807, 2.05) is 109 Å². The van der Waals surface area contributed by atoms with Crippen LogP contribution in [0.25, 0.3) is 0 Å². The van der Waals surface area contributed by atoms with E-state index in [-0.39, 0.29) is 25.5 Å². The van der Waals surface area contributed by atoms with Crippen molar-refractivity contribution in [3.8, 4) is 5.75 Å². The Morgan fingerprint density at radius 1 is 0.845 bits per heavy atom. The lowest BCUT2D eigenvalue weighted by Gasteiger charge is -2.46. The van der Waals surface area contributed by atoms with Gasteiger partial charge in [-0.25, -0.2) is 9.69 Å². The van der Waals surface area contributed by atoms with Crippen LogP contribution < -0.4 is 15.0 Å². The van der Waals surface area contributed by atoms with Crippen LogP contribution in [-0.2, 0) is 29.3 Å². The van der Waals surface area contributed by atoms with Gasteiger partial charge in [-0.1, -0.05) is 134 Å². The van der Waals surface area contributed by atoms with Crippen LogP contribution in [0, 0.1) is 5.92 Å². The van der Waals surface area contributed by atoms with Crippen molar-refractivity contribution in [3.05, 3.63) is 180 Å². The average molecular weight is 778 g/mol. The van der Waals surface area contributed by atoms with Gasteiger partial charge in [0.15, 0.2) is 0 Å². The number of carbonyl (C=O) groups excluding carboxylic acids is 4. The molecule has 3 heterocycles. The van der Waals surface area contributed by atoms with Crippen LogP contribution >= 0.6 is 0 Å². The minimum absolute atomic E-state index is 0.00641. The van der Waals surface area contributed by atoms with E-state index in [0.717, 1.165) is 16.0 Å². The van der Waals surface area contributed by atoms with Gasteiger partial charge in [-0.2, -0.15) is 0 Å². The Labute approximate surface area is 336 Å². The lowest BCUT2D eigenvalue weighted by molar-refractivity contribution is -0.180. The molecule has 0 unspecified atom stereocenters. The van der Waals surface area contributed by atoms with E-state index in [1.165, 1.54) is 6.08 Å². The SMILES string of the molecule is C=CCOC(=O)[C@H]1[C@@H]2C(=O)O[C@@H](c3ccccc3)[C@@H](c3ccccc3)N2[C@@H](c2cccc(OCCO)c2)[C@]12C(=O)N(C(=O)N[C@H](C)c1ccccc1)c1ccccc12.